The Labute approximate surface area is 105 Å². The molecule has 0 bridgehead atoms. The molecule has 0 aliphatic carbocycles. The zero-order chi connectivity index (χ0) is 12.8. The minimum atomic E-state index is -0.435. The third-order valence-electron chi connectivity index (χ3n) is 2.33. The highest BCUT2D eigenvalue weighted by Gasteiger charge is 2.15. The van der Waals surface area contributed by atoms with Crippen molar-refractivity contribution in [2.75, 3.05) is 19.6 Å². The Morgan fingerprint density at radius 3 is 2.88 bits per heavy atom. The molecule has 1 atom stereocenters. The van der Waals surface area contributed by atoms with Crippen molar-refractivity contribution in [2.24, 2.45) is 0 Å². The number of benzene rings is 1. The van der Waals surface area contributed by atoms with E-state index in [-0.39, 0.29) is 17.8 Å². The Morgan fingerprint density at radius 1 is 1.59 bits per heavy atom. The molecular formula is C12H15ClFNO2. The van der Waals surface area contributed by atoms with Gasteiger partial charge in [0.05, 0.1) is 12.6 Å². The quantitative estimate of drug-likeness (QED) is 0.823. The van der Waals surface area contributed by atoms with E-state index in [1.54, 1.807) is 13.0 Å². The van der Waals surface area contributed by atoms with Crippen molar-refractivity contribution >= 4 is 17.5 Å². The van der Waals surface area contributed by atoms with E-state index in [1.807, 2.05) is 0 Å². The number of carbonyl (C=O) groups is 1. The smallest absolute Gasteiger partial charge is 0.251 e. The first kappa shape index (κ1) is 13.9. The van der Waals surface area contributed by atoms with Crippen LogP contribution in [-0.2, 0) is 4.74 Å². The van der Waals surface area contributed by atoms with Crippen molar-refractivity contribution in [1.29, 1.82) is 0 Å². The fourth-order valence-electron chi connectivity index (χ4n) is 1.43. The van der Waals surface area contributed by atoms with E-state index < -0.39 is 5.82 Å². The lowest BCUT2D eigenvalue weighted by molar-refractivity contribution is 0.0906. The number of nitrogens with one attached hydrogen (secondary N) is 1. The number of hydrogen-bond acceptors (Lipinski definition) is 2. The molecule has 1 N–H and O–H groups in total. The average molecular weight is 260 g/mol. The molecule has 0 fully saturated rings. The number of methoxy groups -OCH3 is 1. The molecule has 0 saturated heterocycles. The van der Waals surface area contributed by atoms with Gasteiger partial charge in [-0.25, -0.2) is 4.39 Å². The molecule has 0 aromatic heterocycles. The second-order valence-corrected chi connectivity index (χ2v) is 4.05. The van der Waals surface area contributed by atoms with Crippen molar-refractivity contribution < 1.29 is 13.9 Å². The summed E-state index contributed by atoms with van der Waals surface area (Å²) in [5.74, 6) is -0.534. The Bertz CT molecular complexity index is 398. The number of rotatable bonds is 5. The first-order valence-corrected chi connectivity index (χ1v) is 5.74. The zero-order valence-corrected chi connectivity index (χ0v) is 10.6. The van der Waals surface area contributed by atoms with Crippen molar-refractivity contribution in [1.82, 2.24) is 5.32 Å². The Morgan fingerprint density at radius 2 is 2.29 bits per heavy atom. The number of amides is 1. The second-order valence-electron chi connectivity index (χ2n) is 3.74. The molecule has 0 heterocycles. The predicted octanol–water partition coefficient (Wildman–Crippen LogP) is 2.12. The molecule has 94 valence electrons. The number of aryl methyl sites for hydroxylation is 1. The van der Waals surface area contributed by atoms with Gasteiger partial charge in [0, 0.05) is 18.6 Å². The van der Waals surface area contributed by atoms with Crippen LogP contribution in [0.5, 0.6) is 0 Å². The summed E-state index contributed by atoms with van der Waals surface area (Å²) in [6, 6.07) is 3.82. The highest BCUT2D eigenvalue weighted by molar-refractivity contribution is 6.18. The highest BCUT2D eigenvalue weighted by atomic mass is 35.5. The minimum Gasteiger partial charge on any atom is -0.383 e. The van der Waals surface area contributed by atoms with Gasteiger partial charge in [0.25, 0.3) is 5.91 Å². The SMILES string of the molecule is COCC(CCl)NC(=O)c1cc(F)ccc1C. The second kappa shape index (κ2) is 6.57. The van der Waals surface area contributed by atoms with Gasteiger partial charge >= 0.3 is 0 Å². The summed E-state index contributed by atoms with van der Waals surface area (Å²) in [6.07, 6.45) is 0. The van der Waals surface area contributed by atoms with Crippen LogP contribution < -0.4 is 5.32 Å². The van der Waals surface area contributed by atoms with Crippen molar-refractivity contribution in [3.63, 3.8) is 0 Å². The van der Waals surface area contributed by atoms with E-state index in [0.717, 1.165) is 5.56 Å². The summed E-state index contributed by atoms with van der Waals surface area (Å²) in [4.78, 5) is 11.9. The number of ether oxygens (including phenoxy) is 1. The molecule has 5 heteroatoms. The topological polar surface area (TPSA) is 38.3 Å². The first-order chi connectivity index (χ1) is 8.08. The molecule has 1 unspecified atom stereocenters. The maximum atomic E-state index is 13.0. The van der Waals surface area contributed by atoms with Gasteiger partial charge in [0.15, 0.2) is 0 Å². The maximum Gasteiger partial charge on any atom is 0.251 e. The third-order valence-corrected chi connectivity index (χ3v) is 2.71. The zero-order valence-electron chi connectivity index (χ0n) is 9.80. The summed E-state index contributed by atoms with van der Waals surface area (Å²) in [6.45, 7) is 2.07. The summed E-state index contributed by atoms with van der Waals surface area (Å²) in [5.41, 5.74) is 1.03. The normalized spacial score (nSPS) is 12.2. The Kier molecular flexibility index (Phi) is 5.38. The molecule has 3 nitrogen and oxygen atoms in total. The molecule has 1 aromatic carbocycles. The van der Waals surface area contributed by atoms with E-state index in [1.165, 1.54) is 19.2 Å². The van der Waals surface area contributed by atoms with Gasteiger partial charge < -0.3 is 10.1 Å². The minimum absolute atomic E-state index is 0.244. The molecule has 0 saturated carbocycles. The number of alkyl halides is 1. The fraction of sp³-hybridized carbons (Fsp3) is 0.417. The largest absolute Gasteiger partial charge is 0.383 e. The maximum absolute atomic E-state index is 13.0. The van der Waals surface area contributed by atoms with E-state index in [0.29, 0.717) is 12.2 Å². The fourth-order valence-corrected chi connectivity index (χ4v) is 1.59. The van der Waals surface area contributed by atoms with Crippen LogP contribution in [0.15, 0.2) is 18.2 Å². The van der Waals surface area contributed by atoms with Crippen LogP contribution in [0, 0.1) is 12.7 Å². The average Bonchev–Trinajstić information content (AvgIpc) is 2.31. The van der Waals surface area contributed by atoms with Gasteiger partial charge in [-0.05, 0) is 24.6 Å². The van der Waals surface area contributed by atoms with E-state index >= 15 is 0 Å². The molecule has 0 radical (unpaired) electrons. The molecule has 1 aromatic rings. The van der Waals surface area contributed by atoms with Gasteiger partial charge in [-0.1, -0.05) is 6.07 Å². The lowest BCUT2D eigenvalue weighted by atomic mass is 10.1. The molecule has 17 heavy (non-hydrogen) atoms. The van der Waals surface area contributed by atoms with Crippen molar-refractivity contribution in [2.45, 2.75) is 13.0 Å². The predicted molar refractivity (Wildman–Crippen MR) is 65.0 cm³/mol. The molecule has 0 spiro atoms. The van der Waals surface area contributed by atoms with Crippen LogP contribution >= 0.6 is 11.6 Å². The number of halogens is 2. The molecular weight excluding hydrogens is 245 g/mol. The lowest BCUT2D eigenvalue weighted by Gasteiger charge is -2.15. The van der Waals surface area contributed by atoms with Gasteiger partial charge in [0.2, 0.25) is 0 Å². The lowest BCUT2D eigenvalue weighted by Crippen LogP contribution is -2.39. The summed E-state index contributed by atoms with van der Waals surface area (Å²) < 4.78 is 18.0. The summed E-state index contributed by atoms with van der Waals surface area (Å²) in [7, 11) is 1.53. The highest BCUT2D eigenvalue weighted by Crippen LogP contribution is 2.10. The number of carbonyl (C=O) groups excluding carboxylic acids is 1. The van der Waals surface area contributed by atoms with Gasteiger partial charge in [0.1, 0.15) is 5.82 Å². The summed E-state index contributed by atoms with van der Waals surface area (Å²) in [5, 5.41) is 2.69. The van der Waals surface area contributed by atoms with Crippen molar-refractivity contribution in [3.8, 4) is 0 Å². The monoisotopic (exact) mass is 259 g/mol. The van der Waals surface area contributed by atoms with E-state index in [9.17, 15) is 9.18 Å². The molecule has 1 amide bonds. The van der Waals surface area contributed by atoms with Crippen LogP contribution in [0.2, 0.25) is 0 Å². The third kappa shape index (κ3) is 3.98. The van der Waals surface area contributed by atoms with Gasteiger partial charge in [-0.3, -0.25) is 4.79 Å². The molecule has 0 aliphatic rings. The van der Waals surface area contributed by atoms with Crippen LogP contribution in [0.4, 0.5) is 4.39 Å². The summed E-state index contributed by atoms with van der Waals surface area (Å²) >= 11 is 5.68. The Balaban J connectivity index is 2.78. The van der Waals surface area contributed by atoms with Gasteiger partial charge in [-0.15, -0.1) is 11.6 Å². The van der Waals surface area contributed by atoms with Crippen LogP contribution in [0.3, 0.4) is 0 Å². The van der Waals surface area contributed by atoms with Crippen LogP contribution in [0.25, 0.3) is 0 Å². The molecule has 0 aliphatic heterocycles. The standard InChI is InChI=1S/C12H15ClFNO2/c1-8-3-4-9(14)5-11(8)12(16)15-10(6-13)7-17-2/h3-5,10H,6-7H2,1-2H3,(H,15,16). The Hall–Kier alpha value is -1.13. The first-order valence-electron chi connectivity index (χ1n) is 5.20. The van der Waals surface area contributed by atoms with Crippen LogP contribution in [-0.4, -0.2) is 31.5 Å². The van der Waals surface area contributed by atoms with E-state index in [2.05, 4.69) is 5.32 Å². The van der Waals surface area contributed by atoms with Gasteiger partial charge in [-0.2, -0.15) is 0 Å². The van der Waals surface area contributed by atoms with E-state index in [4.69, 9.17) is 16.3 Å². The van der Waals surface area contributed by atoms with Crippen molar-refractivity contribution in [3.05, 3.63) is 35.1 Å². The number of hydrogen-bond donors (Lipinski definition) is 1. The van der Waals surface area contributed by atoms with Crippen LogP contribution in [0.1, 0.15) is 15.9 Å². The molecule has 1 rings (SSSR count).